The van der Waals surface area contributed by atoms with Gasteiger partial charge in [-0.2, -0.15) is 0 Å². The summed E-state index contributed by atoms with van der Waals surface area (Å²) in [4.78, 5) is 7.93. The van der Waals surface area contributed by atoms with Gasteiger partial charge in [0.15, 0.2) is 0 Å². The average molecular weight is 194 g/mol. The van der Waals surface area contributed by atoms with Crippen LogP contribution < -0.4 is 0 Å². The lowest BCUT2D eigenvalue weighted by Gasteiger charge is -2.01. The van der Waals surface area contributed by atoms with Crippen molar-refractivity contribution < 1.29 is 0 Å². The first-order valence-corrected chi connectivity index (χ1v) is 4.25. The zero-order valence-electron chi connectivity index (χ0n) is 7.11. The molecule has 0 fully saturated rings. The van der Waals surface area contributed by atoms with E-state index in [9.17, 15) is 0 Å². The molecule has 0 bridgehead atoms. The largest absolute Gasteiger partial charge is 0.349 e. The van der Waals surface area contributed by atoms with Crippen LogP contribution in [0.2, 0.25) is 5.28 Å². The molecule has 4 heteroatoms. The van der Waals surface area contributed by atoms with Crippen LogP contribution >= 0.6 is 11.6 Å². The van der Waals surface area contributed by atoms with E-state index in [-0.39, 0.29) is 5.28 Å². The van der Waals surface area contributed by atoms with Crippen molar-refractivity contribution in [3.05, 3.63) is 35.9 Å². The Bertz CT molecular complexity index is 422. The Morgan fingerprint density at radius 2 is 2.23 bits per heavy atom. The molecule has 0 unspecified atom stereocenters. The monoisotopic (exact) mass is 193 g/mol. The van der Waals surface area contributed by atoms with Crippen molar-refractivity contribution in [3.8, 4) is 11.4 Å². The quantitative estimate of drug-likeness (QED) is 0.650. The van der Waals surface area contributed by atoms with Crippen LogP contribution in [0.3, 0.4) is 0 Å². The van der Waals surface area contributed by atoms with Crippen molar-refractivity contribution in [2.75, 3.05) is 0 Å². The number of halogens is 1. The number of hydrogen-bond donors (Lipinski definition) is 0. The zero-order valence-corrected chi connectivity index (χ0v) is 7.86. The second-order valence-corrected chi connectivity index (χ2v) is 3.05. The van der Waals surface area contributed by atoms with Crippen molar-refractivity contribution in [2.45, 2.75) is 0 Å². The second kappa shape index (κ2) is 3.18. The Morgan fingerprint density at radius 1 is 1.38 bits per heavy atom. The van der Waals surface area contributed by atoms with Gasteiger partial charge in [0.1, 0.15) is 0 Å². The summed E-state index contributed by atoms with van der Waals surface area (Å²) in [7, 11) is 1.96. The van der Waals surface area contributed by atoms with Gasteiger partial charge in [0.05, 0.1) is 11.4 Å². The normalized spacial score (nSPS) is 10.3. The molecular formula is C9H8ClN3. The summed E-state index contributed by atoms with van der Waals surface area (Å²) in [5.41, 5.74) is 1.87. The van der Waals surface area contributed by atoms with Crippen LogP contribution in [0.1, 0.15) is 0 Å². The van der Waals surface area contributed by atoms with Crippen LogP contribution in [0.15, 0.2) is 30.6 Å². The number of nitrogens with zero attached hydrogens (tertiary/aromatic N) is 3. The fourth-order valence-electron chi connectivity index (χ4n) is 1.20. The van der Waals surface area contributed by atoms with Gasteiger partial charge in [-0.3, -0.25) is 0 Å². The smallest absolute Gasteiger partial charge is 0.222 e. The van der Waals surface area contributed by atoms with E-state index in [0.717, 1.165) is 11.4 Å². The van der Waals surface area contributed by atoms with Crippen LogP contribution in [0.5, 0.6) is 0 Å². The second-order valence-electron chi connectivity index (χ2n) is 2.72. The number of rotatable bonds is 1. The van der Waals surface area contributed by atoms with Gasteiger partial charge in [-0.05, 0) is 29.8 Å². The maximum atomic E-state index is 5.68. The lowest BCUT2D eigenvalue weighted by Crippen LogP contribution is -1.92. The Balaban J connectivity index is 2.53. The summed E-state index contributed by atoms with van der Waals surface area (Å²) in [5, 5.41) is 0.277. The maximum Gasteiger partial charge on any atom is 0.222 e. The Hall–Kier alpha value is -1.35. The van der Waals surface area contributed by atoms with Gasteiger partial charge in [-0.1, -0.05) is 0 Å². The summed E-state index contributed by atoms with van der Waals surface area (Å²) in [6, 6.07) is 5.78. The molecular weight excluding hydrogens is 186 g/mol. The molecule has 0 aromatic carbocycles. The summed E-state index contributed by atoms with van der Waals surface area (Å²) < 4.78 is 1.98. The highest BCUT2D eigenvalue weighted by Gasteiger charge is 2.02. The van der Waals surface area contributed by atoms with Crippen LogP contribution in [0.25, 0.3) is 11.4 Å². The standard InChI is InChI=1S/C9H8ClN3/c1-13-6-2-3-8(13)7-4-5-11-9(10)12-7/h2-6H,1H3. The molecule has 0 aliphatic rings. The highest BCUT2D eigenvalue weighted by Crippen LogP contribution is 2.16. The van der Waals surface area contributed by atoms with Crippen LogP contribution in [-0.2, 0) is 7.05 Å². The SMILES string of the molecule is Cn1cccc1-c1ccnc(Cl)n1. The molecule has 0 saturated heterocycles. The predicted octanol–water partition coefficient (Wildman–Crippen LogP) is 2.14. The number of hydrogen-bond acceptors (Lipinski definition) is 2. The summed E-state index contributed by atoms with van der Waals surface area (Å²) >= 11 is 5.68. The Kier molecular flexibility index (Phi) is 2.02. The van der Waals surface area contributed by atoms with Crippen molar-refractivity contribution in [1.29, 1.82) is 0 Å². The molecule has 0 N–H and O–H groups in total. The molecule has 0 spiro atoms. The fraction of sp³-hybridized carbons (Fsp3) is 0.111. The molecule has 0 amide bonds. The van der Waals surface area contributed by atoms with E-state index in [2.05, 4.69) is 9.97 Å². The minimum absolute atomic E-state index is 0.277. The highest BCUT2D eigenvalue weighted by molar-refractivity contribution is 6.28. The van der Waals surface area contributed by atoms with E-state index in [1.165, 1.54) is 0 Å². The summed E-state index contributed by atoms with van der Waals surface area (Å²) in [6.07, 6.45) is 3.61. The van der Waals surface area contributed by atoms with Gasteiger partial charge in [0.25, 0.3) is 0 Å². The molecule has 66 valence electrons. The molecule has 2 heterocycles. The summed E-state index contributed by atoms with van der Waals surface area (Å²) in [5.74, 6) is 0. The third-order valence-electron chi connectivity index (χ3n) is 1.83. The van der Waals surface area contributed by atoms with Crippen molar-refractivity contribution in [1.82, 2.24) is 14.5 Å². The zero-order chi connectivity index (χ0) is 9.26. The van der Waals surface area contributed by atoms with E-state index >= 15 is 0 Å². The van der Waals surface area contributed by atoms with E-state index in [0.29, 0.717) is 0 Å². The van der Waals surface area contributed by atoms with Gasteiger partial charge in [0, 0.05) is 19.4 Å². The molecule has 2 rings (SSSR count). The van der Waals surface area contributed by atoms with Crippen LogP contribution in [0.4, 0.5) is 0 Å². The van der Waals surface area contributed by atoms with E-state index < -0.39 is 0 Å². The molecule has 0 aliphatic heterocycles. The maximum absolute atomic E-state index is 5.68. The lowest BCUT2D eigenvalue weighted by atomic mass is 10.3. The molecule has 3 nitrogen and oxygen atoms in total. The highest BCUT2D eigenvalue weighted by atomic mass is 35.5. The number of aryl methyl sites for hydroxylation is 1. The van der Waals surface area contributed by atoms with Crippen molar-refractivity contribution in [3.63, 3.8) is 0 Å². The van der Waals surface area contributed by atoms with Gasteiger partial charge in [0.2, 0.25) is 5.28 Å². The molecule has 2 aromatic heterocycles. The van der Waals surface area contributed by atoms with Gasteiger partial charge in [-0.25, -0.2) is 9.97 Å². The predicted molar refractivity (Wildman–Crippen MR) is 51.4 cm³/mol. The van der Waals surface area contributed by atoms with Gasteiger partial charge in [-0.15, -0.1) is 0 Å². The first-order chi connectivity index (χ1) is 6.27. The molecule has 13 heavy (non-hydrogen) atoms. The Morgan fingerprint density at radius 3 is 2.85 bits per heavy atom. The average Bonchev–Trinajstić information content (AvgIpc) is 2.51. The van der Waals surface area contributed by atoms with Crippen LogP contribution in [-0.4, -0.2) is 14.5 Å². The van der Waals surface area contributed by atoms with Gasteiger partial charge >= 0.3 is 0 Å². The van der Waals surface area contributed by atoms with Crippen molar-refractivity contribution >= 4 is 11.6 Å². The van der Waals surface area contributed by atoms with E-state index in [1.807, 2.05) is 36.0 Å². The minimum Gasteiger partial charge on any atom is -0.349 e. The third kappa shape index (κ3) is 1.55. The van der Waals surface area contributed by atoms with Crippen LogP contribution in [0, 0.1) is 0 Å². The molecule has 0 radical (unpaired) electrons. The first kappa shape index (κ1) is 8.26. The van der Waals surface area contributed by atoms with Crippen molar-refractivity contribution in [2.24, 2.45) is 7.05 Å². The molecule has 2 aromatic rings. The minimum atomic E-state index is 0.277. The third-order valence-corrected chi connectivity index (χ3v) is 2.01. The fourth-order valence-corrected chi connectivity index (χ4v) is 1.35. The Labute approximate surface area is 81.0 Å². The van der Waals surface area contributed by atoms with E-state index in [1.54, 1.807) is 6.20 Å². The molecule has 0 aliphatic carbocycles. The van der Waals surface area contributed by atoms with E-state index in [4.69, 9.17) is 11.6 Å². The number of aromatic nitrogens is 3. The topological polar surface area (TPSA) is 30.7 Å². The molecule has 0 atom stereocenters. The molecule has 0 saturated carbocycles. The lowest BCUT2D eigenvalue weighted by molar-refractivity contribution is 0.928. The first-order valence-electron chi connectivity index (χ1n) is 3.87. The summed E-state index contributed by atoms with van der Waals surface area (Å²) in [6.45, 7) is 0. The van der Waals surface area contributed by atoms with Gasteiger partial charge < -0.3 is 4.57 Å².